The second kappa shape index (κ2) is 6.48. The number of anilines is 1. The largest absolute Gasteiger partial charge is 0.385 e. The second-order valence-corrected chi connectivity index (χ2v) is 4.83. The molecule has 0 radical (unpaired) electrons. The highest BCUT2D eigenvalue weighted by molar-refractivity contribution is 6.32. The summed E-state index contributed by atoms with van der Waals surface area (Å²) in [5.74, 6) is 0.978. The second-order valence-electron chi connectivity index (χ2n) is 4.43. The predicted molar refractivity (Wildman–Crippen MR) is 72.0 cm³/mol. The molecule has 0 saturated heterocycles. The fourth-order valence-corrected chi connectivity index (χ4v) is 1.78. The van der Waals surface area contributed by atoms with E-state index in [0.717, 1.165) is 12.2 Å². The molecule has 1 aromatic carbocycles. The molecule has 0 bridgehead atoms. The van der Waals surface area contributed by atoms with Gasteiger partial charge in [-0.25, -0.2) is 0 Å². The minimum absolute atomic E-state index is 0.435. The van der Waals surface area contributed by atoms with Crippen LogP contribution < -0.4 is 11.1 Å². The van der Waals surface area contributed by atoms with Crippen molar-refractivity contribution in [2.24, 2.45) is 17.6 Å². The van der Waals surface area contributed by atoms with E-state index >= 15 is 0 Å². The maximum absolute atomic E-state index is 8.77. The summed E-state index contributed by atoms with van der Waals surface area (Å²) in [5.41, 5.74) is 7.13. The molecule has 0 saturated carbocycles. The predicted octanol–water partition coefficient (Wildman–Crippen LogP) is 2.85. The van der Waals surface area contributed by atoms with Crippen molar-refractivity contribution in [3.8, 4) is 6.07 Å². The lowest BCUT2D eigenvalue weighted by Gasteiger charge is -2.20. The lowest BCUT2D eigenvalue weighted by atomic mass is 9.96. The van der Waals surface area contributed by atoms with Gasteiger partial charge < -0.3 is 11.1 Å². The fourth-order valence-electron chi connectivity index (χ4n) is 1.56. The lowest BCUT2D eigenvalue weighted by molar-refractivity contribution is 0.413. The molecule has 3 N–H and O–H groups in total. The van der Waals surface area contributed by atoms with E-state index in [2.05, 4.69) is 19.2 Å². The Morgan fingerprint density at radius 3 is 2.65 bits per heavy atom. The van der Waals surface area contributed by atoms with Gasteiger partial charge in [0.05, 0.1) is 10.6 Å². The molecule has 0 aromatic heterocycles. The molecular formula is C13H18ClN3. The molecule has 1 atom stereocenters. The first-order chi connectivity index (χ1) is 8.08. The molecule has 1 unspecified atom stereocenters. The van der Waals surface area contributed by atoms with Crippen molar-refractivity contribution in [1.29, 1.82) is 5.26 Å². The van der Waals surface area contributed by atoms with E-state index in [9.17, 15) is 0 Å². The smallest absolute Gasteiger partial charge is 0.101 e. The van der Waals surface area contributed by atoms with Gasteiger partial charge in [0.25, 0.3) is 0 Å². The third kappa shape index (κ3) is 3.92. The summed E-state index contributed by atoms with van der Waals surface area (Å²) in [6.45, 7) is 5.79. The average molecular weight is 252 g/mol. The molecule has 0 aliphatic heterocycles. The Kier molecular flexibility index (Phi) is 5.27. The van der Waals surface area contributed by atoms with Crippen LogP contribution in [0.25, 0.3) is 0 Å². The number of nitrogens with one attached hydrogen (secondary N) is 1. The summed E-state index contributed by atoms with van der Waals surface area (Å²) in [6.07, 6.45) is 0. The first-order valence-corrected chi connectivity index (χ1v) is 6.09. The van der Waals surface area contributed by atoms with Crippen molar-refractivity contribution in [2.75, 3.05) is 18.4 Å². The van der Waals surface area contributed by atoms with E-state index in [1.807, 2.05) is 12.1 Å². The summed E-state index contributed by atoms with van der Waals surface area (Å²) in [7, 11) is 0. The minimum atomic E-state index is 0.435. The van der Waals surface area contributed by atoms with Crippen LogP contribution in [0.3, 0.4) is 0 Å². The third-order valence-electron chi connectivity index (χ3n) is 2.90. The van der Waals surface area contributed by atoms with Gasteiger partial charge in [-0.1, -0.05) is 25.4 Å². The number of halogens is 1. The van der Waals surface area contributed by atoms with Crippen molar-refractivity contribution in [3.63, 3.8) is 0 Å². The number of benzene rings is 1. The summed E-state index contributed by atoms with van der Waals surface area (Å²) in [4.78, 5) is 0. The lowest BCUT2D eigenvalue weighted by Crippen LogP contribution is -2.27. The molecule has 0 aliphatic carbocycles. The molecule has 4 heteroatoms. The molecule has 0 spiro atoms. The van der Waals surface area contributed by atoms with E-state index < -0.39 is 0 Å². The van der Waals surface area contributed by atoms with E-state index in [0.29, 0.717) is 29.0 Å². The highest BCUT2D eigenvalue weighted by atomic mass is 35.5. The van der Waals surface area contributed by atoms with Crippen molar-refractivity contribution >= 4 is 17.3 Å². The molecule has 17 heavy (non-hydrogen) atoms. The molecule has 0 amide bonds. The third-order valence-corrected chi connectivity index (χ3v) is 3.22. The highest BCUT2D eigenvalue weighted by Gasteiger charge is 2.11. The van der Waals surface area contributed by atoms with Crippen LogP contribution in [0.15, 0.2) is 18.2 Å². The van der Waals surface area contributed by atoms with Gasteiger partial charge in [0, 0.05) is 12.2 Å². The van der Waals surface area contributed by atoms with Gasteiger partial charge >= 0.3 is 0 Å². The minimum Gasteiger partial charge on any atom is -0.385 e. The van der Waals surface area contributed by atoms with Crippen LogP contribution in [-0.4, -0.2) is 13.1 Å². The van der Waals surface area contributed by atoms with Gasteiger partial charge in [0.1, 0.15) is 6.07 Å². The van der Waals surface area contributed by atoms with Crippen LogP contribution in [0, 0.1) is 23.2 Å². The van der Waals surface area contributed by atoms with E-state index in [-0.39, 0.29) is 0 Å². The Labute approximate surface area is 108 Å². The van der Waals surface area contributed by atoms with Crippen LogP contribution in [0.5, 0.6) is 0 Å². The molecule has 1 aromatic rings. The molecule has 3 nitrogen and oxygen atoms in total. The van der Waals surface area contributed by atoms with Gasteiger partial charge in [-0.05, 0) is 36.6 Å². The Morgan fingerprint density at radius 1 is 1.47 bits per heavy atom. The van der Waals surface area contributed by atoms with Crippen LogP contribution in [-0.2, 0) is 0 Å². The average Bonchev–Trinajstić information content (AvgIpc) is 2.29. The summed E-state index contributed by atoms with van der Waals surface area (Å²) < 4.78 is 0. The van der Waals surface area contributed by atoms with Crippen molar-refractivity contribution in [3.05, 3.63) is 28.8 Å². The zero-order chi connectivity index (χ0) is 12.8. The van der Waals surface area contributed by atoms with Gasteiger partial charge in [0.15, 0.2) is 0 Å². The van der Waals surface area contributed by atoms with E-state index in [1.165, 1.54) is 0 Å². The maximum Gasteiger partial charge on any atom is 0.101 e. The molecule has 92 valence electrons. The standard InChI is InChI=1S/C13H18ClN3/c1-9(2)11(7-16)8-17-12-4-3-10(6-15)13(14)5-12/h3-5,9,11,17H,7-8,16H2,1-2H3. The fraction of sp³-hybridized carbons (Fsp3) is 0.462. The zero-order valence-corrected chi connectivity index (χ0v) is 11.0. The molecule has 0 aliphatic rings. The zero-order valence-electron chi connectivity index (χ0n) is 10.2. The number of hydrogen-bond acceptors (Lipinski definition) is 3. The Balaban J connectivity index is 2.64. The normalized spacial score (nSPS) is 12.2. The summed E-state index contributed by atoms with van der Waals surface area (Å²) in [6, 6.07) is 7.39. The number of hydrogen-bond donors (Lipinski definition) is 2. The molecule has 1 rings (SSSR count). The Hall–Kier alpha value is -1.24. The van der Waals surface area contributed by atoms with Gasteiger partial charge in [-0.3, -0.25) is 0 Å². The van der Waals surface area contributed by atoms with Crippen LogP contribution >= 0.6 is 11.6 Å². The van der Waals surface area contributed by atoms with Gasteiger partial charge in [0.2, 0.25) is 0 Å². The van der Waals surface area contributed by atoms with E-state index in [1.54, 1.807) is 12.1 Å². The topological polar surface area (TPSA) is 61.8 Å². The first-order valence-electron chi connectivity index (χ1n) is 5.72. The Bertz CT molecular complexity index is 410. The van der Waals surface area contributed by atoms with Crippen LogP contribution in [0.2, 0.25) is 5.02 Å². The molecular weight excluding hydrogens is 234 g/mol. The van der Waals surface area contributed by atoms with Crippen molar-refractivity contribution < 1.29 is 0 Å². The van der Waals surface area contributed by atoms with Crippen molar-refractivity contribution in [2.45, 2.75) is 13.8 Å². The maximum atomic E-state index is 8.77. The first kappa shape index (κ1) is 13.8. The van der Waals surface area contributed by atoms with Gasteiger partial charge in [-0.2, -0.15) is 5.26 Å². The van der Waals surface area contributed by atoms with Gasteiger partial charge in [-0.15, -0.1) is 0 Å². The van der Waals surface area contributed by atoms with Crippen LogP contribution in [0.4, 0.5) is 5.69 Å². The monoisotopic (exact) mass is 251 g/mol. The summed E-state index contributed by atoms with van der Waals surface area (Å²) >= 11 is 5.95. The Morgan fingerprint density at radius 2 is 2.18 bits per heavy atom. The number of nitrogens with two attached hydrogens (primary N) is 1. The van der Waals surface area contributed by atoms with Crippen LogP contribution in [0.1, 0.15) is 19.4 Å². The quantitative estimate of drug-likeness (QED) is 0.846. The molecule has 0 heterocycles. The van der Waals surface area contributed by atoms with Crippen molar-refractivity contribution in [1.82, 2.24) is 0 Å². The van der Waals surface area contributed by atoms with E-state index in [4.69, 9.17) is 22.6 Å². The SMILES string of the molecule is CC(C)C(CN)CNc1ccc(C#N)c(Cl)c1. The number of nitriles is 1. The molecule has 0 fully saturated rings. The highest BCUT2D eigenvalue weighted by Crippen LogP contribution is 2.21. The summed E-state index contributed by atoms with van der Waals surface area (Å²) in [5, 5.41) is 12.5. The number of nitrogens with zero attached hydrogens (tertiary/aromatic N) is 1. The number of rotatable bonds is 5.